The van der Waals surface area contributed by atoms with Crippen molar-refractivity contribution >= 4 is 0 Å². The van der Waals surface area contributed by atoms with Gasteiger partial charge in [-0.1, -0.05) is 6.92 Å². The van der Waals surface area contributed by atoms with E-state index in [1.807, 2.05) is 0 Å². The molecule has 0 aliphatic carbocycles. The van der Waals surface area contributed by atoms with Gasteiger partial charge in [0.1, 0.15) is 0 Å². The summed E-state index contributed by atoms with van der Waals surface area (Å²) in [4.78, 5) is 2.56. The second-order valence-corrected chi connectivity index (χ2v) is 3.37. The summed E-state index contributed by atoms with van der Waals surface area (Å²) in [5, 5.41) is 0. The lowest BCUT2D eigenvalue weighted by atomic mass is 10.2. The third-order valence-corrected chi connectivity index (χ3v) is 2.55. The molecule has 1 radical (unpaired) electrons. The van der Waals surface area contributed by atoms with E-state index >= 15 is 0 Å². The predicted octanol–water partition coefficient (Wildman–Crippen LogP) is 2.08. The normalized spacial score (nSPS) is 35.1. The maximum Gasteiger partial charge on any atom is 0.00703 e. The largest absolute Gasteiger partial charge is 0.298 e. The summed E-state index contributed by atoms with van der Waals surface area (Å²) in [5.41, 5.74) is 0. The molecule has 1 fully saturated rings. The first-order valence-corrected chi connectivity index (χ1v) is 4.30. The first kappa shape index (κ1) is 8.06. The van der Waals surface area contributed by atoms with E-state index in [9.17, 15) is 0 Å². The Morgan fingerprint density at radius 2 is 1.80 bits per heavy atom. The van der Waals surface area contributed by atoms with E-state index in [-0.39, 0.29) is 0 Å². The fraction of sp³-hybridized carbons (Fsp3) is 0.889. The summed E-state index contributed by atoms with van der Waals surface area (Å²) in [7, 11) is 0. The maximum absolute atomic E-state index is 3.88. The highest BCUT2D eigenvalue weighted by molar-refractivity contribution is 4.81. The number of nitrogens with zero attached hydrogens (tertiary/aromatic N) is 1. The molecule has 0 spiro atoms. The highest BCUT2D eigenvalue weighted by Crippen LogP contribution is 2.22. The van der Waals surface area contributed by atoms with Crippen LogP contribution in [0.4, 0.5) is 0 Å². The molecule has 1 saturated heterocycles. The van der Waals surface area contributed by atoms with Crippen molar-refractivity contribution in [3.8, 4) is 0 Å². The lowest BCUT2D eigenvalue weighted by molar-refractivity contribution is 0.218. The number of hydrogen-bond acceptors (Lipinski definition) is 1. The summed E-state index contributed by atoms with van der Waals surface area (Å²) < 4.78 is 0. The van der Waals surface area contributed by atoms with Gasteiger partial charge in [-0.15, -0.1) is 0 Å². The van der Waals surface area contributed by atoms with Gasteiger partial charge in [-0.2, -0.15) is 0 Å². The van der Waals surface area contributed by atoms with Crippen molar-refractivity contribution in [1.82, 2.24) is 4.90 Å². The molecule has 0 saturated carbocycles. The molecule has 0 aromatic rings. The SMILES string of the molecule is [CH2]CCN1C(C)CCC1C. The van der Waals surface area contributed by atoms with E-state index in [4.69, 9.17) is 0 Å². The minimum atomic E-state index is 0.803. The van der Waals surface area contributed by atoms with E-state index in [1.165, 1.54) is 19.4 Å². The Hall–Kier alpha value is -0.0400. The summed E-state index contributed by atoms with van der Waals surface area (Å²) >= 11 is 0. The molecule has 1 heterocycles. The van der Waals surface area contributed by atoms with Gasteiger partial charge in [-0.05, 0) is 39.7 Å². The van der Waals surface area contributed by atoms with Crippen LogP contribution in [0.15, 0.2) is 0 Å². The van der Waals surface area contributed by atoms with E-state index in [0.29, 0.717) is 0 Å². The van der Waals surface area contributed by atoms with Gasteiger partial charge in [0.15, 0.2) is 0 Å². The lowest BCUT2D eigenvalue weighted by Gasteiger charge is -2.24. The minimum absolute atomic E-state index is 0.803. The van der Waals surface area contributed by atoms with E-state index < -0.39 is 0 Å². The molecule has 0 aromatic carbocycles. The van der Waals surface area contributed by atoms with E-state index in [0.717, 1.165) is 18.5 Å². The van der Waals surface area contributed by atoms with Gasteiger partial charge in [0.25, 0.3) is 0 Å². The zero-order valence-electron chi connectivity index (χ0n) is 7.14. The molecular weight excluding hydrogens is 122 g/mol. The van der Waals surface area contributed by atoms with Crippen LogP contribution in [-0.2, 0) is 0 Å². The van der Waals surface area contributed by atoms with Crippen LogP contribution in [0, 0.1) is 6.92 Å². The molecule has 1 aliphatic rings. The Balaban J connectivity index is 2.38. The molecular formula is C9H18N. The maximum atomic E-state index is 3.88. The summed E-state index contributed by atoms with van der Waals surface area (Å²) in [6, 6.07) is 1.61. The van der Waals surface area contributed by atoms with E-state index in [2.05, 4.69) is 25.7 Å². The zero-order chi connectivity index (χ0) is 7.56. The second-order valence-electron chi connectivity index (χ2n) is 3.37. The van der Waals surface area contributed by atoms with Crippen molar-refractivity contribution < 1.29 is 0 Å². The zero-order valence-corrected chi connectivity index (χ0v) is 7.14. The van der Waals surface area contributed by atoms with Crippen LogP contribution in [0.2, 0.25) is 0 Å². The van der Waals surface area contributed by atoms with Gasteiger partial charge < -0.3 is 0 Å². The first-order valence-electron chi connectivity index (χ1n) is 4.30. The average Bonchev–Trinajstić information content (AvgIpc) is 2.20. The van der Waals surface area contributed by atoms with Crippen LogP contribution in [0.25, 0.3) is 0 Å². The number of hydrogen-bond donors (Lipinski definition) is 0. The standard InChI is InChI=1S/C9H18N/c1-4-7-10-8(2)5-6-9(10)3/h8-9H,1,4-7H2,2-3H3. The van der Waals surface area contributed by atoms with Gasteiger partial charge in [0, 0.05) is 12.1 Å². The van der Waals surface area contributed by atoms with Crippen molar-refractivity contribution in [2.24, 2.45) is 0 Å². The van der Waals surface area contributed by atoms with Crippen LogP contribution in [0.5, 0.6) is 0 Å². The molecule has 1 aliphatic heterocycles. The number of likely N-dealkylation sites (tertiary alicyclic amines) is 1. The van der Waals surface area contributed by atoms with E-state index in [1.54, 1.807) is 0 Å². The summed E-state index contributed by atoms with van der Waals surface area (Å²) in [6.07, 6.45) is 3.80. The second kappa shape index (κ2) is 3.38. The van der Waals surface area contributed by atoms with Crippen molar-refractivity contribution in [1.29, 1.82) is 0 Å². The predicted molar refractivity (Wildman–Crippen MR) is 44.8 cm³/mol. The van der Waals surface area contributed by atoms with Crippen LogP contribution in [-0.4, -0.2) is 23.5 Å². The van der Waals surface area contributed by atoms with Crippen LogP contribution in [0.3, 0.4) is 0 Å². The lowest BCUT2D eigenvalue weighted by Crippen LogP contribution is -2.33. The monoisotopic (exact) mass is 140 g/mol. The third kappa shape index (κ3) is 1.51. The molecule has 0 bridgehead atoms. The van der Waals surface area contributed by atoms with Crippen LogP contribution >= 0.6 is 0 Å². The van der Waals surface area contributed by atoms with Crippen LogP contribution < -0.4 is 0 Å². The highest BCUT2D eigenvalue weighted by atomic mass is 15.2. The van der Waals surface area contributed by atoms with Crippen molar-refractivity contribution in [3.63, 3.8) is 0 Å². The van der Waals surface area contributed by atoms with Crippen molar-refractivity contribution in [2.75, 3.05) is 6.54 Å². The van der Waals surface area contributed by atoms with Crippen LogP contribution in [0.1, 0.15) is 33.1 Å². The molecule has 0 amide bonds. The van der Waals surface area contributed by atoms with Gasteiger partial charge in [-0.25, -0.2) is 0 Å². The third-order valence-electron chi connectivity index (χ3n) is 2.55. The fourth-order valence-electron chi connectivity index (χ4n) is 1.87. The Bertz CT molecular complexity index is 90.9. The first-order chi connectivity index (χ1) is 4.75. The Morgan fingerprint density at radius 3 is 2.20 bits per heavy atom. The smallest absolute Gasteiger partial charge is 0.00703 e. The van der Waals surface area contributed by atoms with Crippen molar-refractivity contribution in [2.45, 2.75) is 45.2 Å². The number of rotatable bonds is 2. The Morgan fingerprint density at radius 1 is 1.30 bits per heavy atom. The quantitative estimate of drug-likeness (QED) is 0.567. The Labute approximate surface area is 64.4 Å². The molecule has 1 heteroatoms. The molecule has 10 heavy (non-hydrogen) atoms. The summed E-state index contributed by atoms with van der Waals surface area (Å²) in [5.74, 6) is 0. The van der Waals surface area contributed by atoms with Gasteiger partial charge in [-0.3, -0.25) is 4.90 Å². The molecule has 0 N–H and O–H groups in total. The molecule has 1 rings (SSSR count). The molecule has 1 nitrogen and oxygen atoms in total. The van der Waals surface area contributed by atoms with Gasteiger partial charge >= 0.3 is 0 Å². The average molecular weight is 140 g/mol. The fourth-order valence-corrected chi connectivity index (χ4v) is 1.87. The van der Waals surface area contributed by atoms with Crippen molar-refractivity contribution in [3.05, 3.63) is 6.92 Å². The Kier molecular flexibility index (Phi) is 2.72. The molecule has 0 aromatic heterocycles. The molecule has 2 unspecified atom stereocenters. The van der Waals surface area contributed by atoms with Gasteiger partial charge in [0.2, 0.25) is 0 Å². The molecule has 2 atom stereocenters. The van der Waals surface area contributed by atoms with Gasteiger partial charge in [0.05, 0.1) is 0 Å². The topological polar surface area (TPSA) is 3.24 Å². The summed E-state index contributed by atoms with van der Waals surface area (Å²) in [6.45, 7) is 9.70. The minimum Gasteiger partial charge on any atom is -0.298 e. The highest BCUT2D eigenvalue weighted by Gasteiger charge is 2.25. The molecule has 59 valence electrons.